The van der Waals surface area contributed by atoms with Gasteiger partial charge in [0.2, 0.25) is 0 Å². The minimum absolute atomic E-state index is 1.14. The Morgan fingerprint density at radius 1 is 0.351 bits per heavy atom. The van der Waals surface area contributed by atoms with Crippen LogP contribution in [0.5, 0.6) is 0 Å². The largest absolute Gasteiger partial charge is 0.309 e. The first-order valence-electron chi connectivity index (χ1n) is 12.7. The first-order chi connectivity index (χ1) is 18.4. The maximum absolute atomic E-state index is 2.42. The van der Waals surface area contributed by atoms with E-state index in [0.29, 0.717) is 0 Å². The van der Waals surface area contributed by atoms with E-state index >= 15 is 0 Å². The Balaban J connectivity index is 1.51. The average Bonchev–Trinajstić information content (AvgIpc) is 2.97. The molecular formula is C36H25N. The van der Waals surface area contributed by atoms with Gasteiger partial charge in [0.1, 0.15) is 0 Å². The molecule has 0 heterocycles. The summed E-state index contributed by atoms with van der Waals surface area (Å²) in [6.45, 7) is 0. The van der Waals surface area contributed by atoms with Crippen molar-refractivity contribution in [3.8, 4) is 11.1 Å². The predicted molar refractivity (Wildman–Crippen MR) is 159 cm³/mol. The number of rotatable bonds is 4. The molecule has 0 unspecified atom stereocenters. The molecule has 0 aliphatic carbocycles. The molecule has 0 spiro atoms. The Hall–Kier alpha value is -4.88. The van der Waals surface area contributed by atoms with Crippen LogP contribution in [0.2, 0.25) is 0 Å². The quantitative estimate of drug-likeness (QED) is 0.247. The van der Waals surface area contributed by atoms with E-state index in [2.05, 4.69) is 157 Å². The van der Waals surface area contributed by atoms with Crippen molar-refractivity contribution in [2.45, 2.75) is 0 Å². The highest BCUT2D eigenvalue weighted by Gasteiger charge is 2.18. The summed E-state index contributed by atoms with van der Waals surface area (Å²) in [5, 5.41) is 7.45. The van der Waals surface area contributed by atoms with Crippen molar-refractivity contribution >= 4 is 49.4 Å². The van der Waals surface area contributed by atoms with Crippen molar-refractivity contribution in [2.75, 3.05) is 4.90 Å². The maximum Gasteiger partial charge on any atom is 0.0540 e. The van der Waals surface area contributed by atoms with Gasteiger partial charge in [0.15, 0.2) is 0 Å². The van der Waals surface area contributed by atoms with Crippen molar-refractivity contribution in [3.05, 3.63) is 152 Å². The zero-order valence-electron chi connectivity index (χ0n) is 20.4. The molecule has 7 aromatic carbocycles. The Kier molecular flexibility index (Phi) is 5.19. The van der Waals surface area contributed by atoms with Crippen LogP contribution in [0.1, 0.15) is 0 Å². The Morgan fingerprint density at radius 3 is 1.43 bits per heavy atom. The summed E-state index contributed by atoms with van der Waals surface area (Å²) < 4.78 is 0. The molecule has 0 fully saturated rings. The molecule has 0 saturated carbocycles. The molecule has 0 aliphatic heterocycles. The third-order valence-electron chi connectivity index (χ3n) is 7.22. The highest BCUT2D eigenvalue weighted by atomic mass is 15.1. The second-order valence-electron chi connectivity index (χ2n) is 9.41. The molecule has 0 radical (unpaired) electrons. The van der Waals surface area contributed by atoms with Gasteiger partial charge in [-0.25, -0.2) is 0 Å². The van der Waals surface area contributed by atoms with Crippen LogP contribution >= 0.6 is 0 Å². The number of benzene rings is 7. The van der Waals surface area contributed by atoms with Gasteiger partial charge in [-0.3, -0.25) is 0 Å². The number of hydrogen-bond acceptors (Lipinski definition) is 1. The Morgan fingerprint density at radius 2 is 0.811 bits per heavy atom. The minimum atomic E-state index is 1.14. The summed E-state index contributed by atoms with van der Waals surface area (Å²) in [6, 6.07) is 54.5. The molecular weight excluding hydrogens is 446 g/mol. The van der Waals surface area contributed by atoms with Gasteiger partial charge in [-0.15, -0.1) is 0 Å². The summed E-state index contributed by atoms with van der Waals surface area (Å²) in [5.41, 5.74) is 5.93. The van der Waals surface area contributed by atoms with Crippen LogP contribution in [0.25, 0.3) is 43.4 Å². The smallest absolute Gasteiger partial charge is 0.0540 e. The highest BCUT2D eigenvalue weighted by molar-refractivity contribution is 6.05. The molecule has 0 aromatic heterocycles. The molecule has 0 aliphatic rings. The van der Waals surface area contributed by atoms with Crippen molar-refractivity contribution in [2.24, 2.45) is 0 Å². The second kappa shape index (κ2) is 8.96. The number of fused-ring (bicyclic) bond motifs is 3. The summed E-state index contributed by atoms with van der Waals surface area (Å²) in [5.74, 6) is 0. The summed E-state index contributed by atoms with van der Waals surface area (Å²) in [7, 11) is 0. The van der Waals surface area contributed by atoms with Gasteiger partial charge in [0, 0.05) is 16.5 Å². The third-order valence-corrected chi connectivity index (χ3v) is 7.22. The van der Waals surface area contributed by atoms with E-state index in [1.165, 1.54) is 54.8 Å². The molecule has 174 valence electrons. The third kappa shape index (κ3) is 3.73. The number of nitrogens with zero attached hydrogens (tertiary/aromatic N) is 1. The Labute approximate surface area is 216 Å². The maximum atomic E-state index is 2.42. The molecule has 1 heteroatoms. The Bertz CT molecular complexity index is 1800. The molecule has 0 bridgehead atoms. The van der Waals surface area contributed by atoms with Crippen LogP contribution < -0.4 is 4.90 Å². The SMILES string of the molecule is c1cc(-c2cccc3ccccc23)cc(N(c2cccc3ccccc23)c2cccc3ccccc23)c1. The van der Waals surface area contributed by atoms with E-state index in [0.717, 1.165) is 5.69 Å². The molecule has 37 heavy (non-hydrogen) atoms. The number of anilines is 3. The first-order valence-corrected chi connectivity index (χ1v) is 12.7. The van der Waals surface area contributed by atoms with Gasteiger partial charge >= 0.3 is 0 Å². The topological polar surface area (TPSA) is 3.24 Å². The minimum Gasteiger partial charge on any atom is -0.309 e. The molecule has 7 rings (SSSR count). The van der Waals surface area contributed by atoms with Gasteiger partial charge in [0.05, 0.1) is 11.4 Å². The average molecular weight is 472 g/mol. The monoisotopic (exact) mass is 471 g/mol. The summed E-state index contributed by atoms with van der Waals surface area (Å²) >= 11 is 0. The van der Waals surface area contributed by atoms with E-state index < -0.39 is 0 Å². The molecule has 0 atom stereocenters. The lowest BCUT2D eigenvalue weighted by atomic mass is 9.97. The van der Waals surface area contributed by atoms with Gasteiger partial charge in [-0.05, 0) is 56.9 Å². The van der Waals surface area contributed by atoms with Crippen LogP contribution in [0.15, 0.2) is 152 Å². The normalized spacial score (nSPS) is 11.2. The van der Waals surface area contributed by atoms with Crippen LogP contribution in [0.4, 0.5) is 17.1 Å². The molecule has 0 N–H and O–H groups in total. The predicted octanol–water partition coefficient (Wildman–Crippen LogP) is 10.3. The van der Waals surface area contributed by atoms with E-state index in [4.69, 9.17) is 0 Å². The van der Waals surface area contributed by atoms with E-state index in [-0.39, 0.29) is 0 Å². The molecule has 0 saturated heterocycles. The van der Waals surface area contributed by atoms with Crippen molar-refractivity contribution in [3.63, 3.8) is 0 Å². The number of hydrogen-bond donors (Lipinski definition) is 0. The molecule has 7 aromatic rings. The van der Waals surface area contributed by atoms with Crippen LogP contribution in [0.3, 0.4) is 0 Å². The standard InChI is InChI=1S/C36H25N/c1-4-19-31-26(11-1)14-8-22-32(31)29-17-7-18-30(25-29)37(35-23-9-15-27-12-2-5-20-33(27)35)36-24-10-16-28-13-3-6-21-34(28)36/h1-25H. The van der Waals surface area contributed by atoms with E-state index in [1.54, 1.807) is 0 Å². The molecule has 1 nitrogen and oxygen atoms in total. The second-order valence-corrected chi connectivity index (χ2v) is 9.41. The lowest BCUT2D eigenvalue weighted by molar-refractivity contribution is 1.31. The van der Waals surface area contributed by atoms with Crippen LogP contribution in [-0.2, 0) is 0 Å². The van der Waals surface area contributed by atoms with Crippen molar-refractivity contribution < 1.29 is 0 Å². The first kappa shape index (κ1) is 21.4. The van der Waals surface area contributed by atoms with Gasteiger partial charge in [-0.2, -0.15) is 0 Å². The lowest BCUT2D eigenvalue weighted by Gasteiger charge is -2.28. The summed E-state index contributed by atoms with van der Waals surface area (Å²) in [6.07, 6.45) is 0. The fraction of sp³-hybridized carbons (Fsp3) is 0. The molecule has 0 amide bonds. The highest BCUT2D eigenvalue weighted by Crippen LogP contribution is 2.43. The van der Waals surface area contributed by atoms with Crippen molar-refractivity contribution in [1.82, 2.24) is 0 Å². The zero-order valence-corrected chi connectivity index (χ0v) is 20.4. The van der Waals surface area contributed by atoms with Crippen LogP contribution in [0, 0.1) is 0 Å². The van der Waals surface area contributed by atoms with Crippen LogP contribution in [-0.4, -0.2) is 0 Å². The van der Waals surface area contributed by atoms with Gasteiger partial charge in [0.25, 0.3) is 0 Å². The van der Waals surface area contributed by atoms with Crippen molar-refractivity contribution in [1.29, 1.82) is 0 Å². The zero-order chi connectivity index (χ0) is 24.6. The fourth-order valence-electron chi connectivity index (χ4n) is 5.50. The van der Waals surface area contributed by atoms with Gasteiger partial charge in [-0.1, -0.05) is 127 Å². The van der Waals surface area contributed by atoms with E-state index in [9.17, 15) is 0 Å². The lowest BCUT2D eigenvalue weighted by Crippen LogP contribution is -2.11. The summed E-state index contributed by atoms with van der Waals surface area (Å²) in [4.78, 5) is 2.42. The fourth-order valence-corrected chi connectivity index (χ4v) is 5.50. The van der Waals surface area contributed by atoms with Gasteiger partial charge < -0.3 is 4.90 Å². The van der Waals surface area contributed by atoms with E-state index in [1.807, 2.05) is 0 Å².